The number of imidazole rings is 1. The van der Waals surface area contributed by atoms with Gasteiger partial charge in [-0.05, 0) is 21.8 Å². The van der Waals surface area contributed by atoms with Gasteiger partial charge >= 0.3 is 12.0 Å². The fourth-order valence-corrected chi connectivity index (χ4v) is 11.5. The minimum Gasteiger partial charge on any atom is -0.458 e. The Morgan fingerprint density at radius 1 is 1.04 bits per heavy atom. The van der Waals surface area contributed by atoms with Crippen molar-refractivity contribution in [3.63, 3.8) is 0 Å². The van der Waals surface area contributed by atoms with E-state index in [0.29, 0.717) is 0 Å². The highest BCUT2D eigenvalue weighted by atomic mass is 28.4. The van der Waals surface area contributed by atoms with Gasteiger partial charge in [0.25, 0.3) is 8.32 Å². The molecule has 9 nitrogen and oxygen atoms in total. The Labute approximate surface area is 289 Å². The number of hydrogen-bond donors (Lipinski definition) is 1. The molecule has 0 spiro atoms. The van der Waals surface area contributed by atoms with Gasteiger partial charge in [0, 0.05) is 12.8 Å². The quantitative estimate of drug-likeness (QED) is 0.0498. The van der Waals surface area contributed by atoms with Crippen LogP contribution in [-0.4, -0.2) is 52.1 Å². The minimum atomic E-state index is -3.06. The second kappa shape index (κ2) is 15.6. The Kier molecular flexibility index (Phi) is 11.5. The molecule has 0 amide bonds. The predicted molar refractivity (Wildman–Crippen MR) is 192 cm³/mol. The Hall–Kier alpha value is -4.11. The summed E-state index contributed by atoms with van der Waals surface area (Å²) in [6.45, 7) is 8.67. The molecule has 11 heteroatoms. The Balaban J connectivity index is 1.48. The van der Waals surface area contributed by atoms with E-state index in [0.717, 1.165) is 36.1 Å². The van der Waals surface area contributed by atoms with Crippen LogP contribution in [0.15, 0.2) is 67.0 Å². The average Bonchev–Trinajstić information content (AvgIpc) is 3.67. The van der Waals surface area contributed by atoms with Crippen LogP contribution in [0.4, 0.5) is 10.2 Å². The zero-order valence-electron chi connectivity index (χ0n) is 29.0. The van der Waals surface area contributed by atoms with Crippen molar-refractivity contribution in [3.8, 4) is 12.3 Å². The molecule has 260 valence electrons. The van der Waals surface area contributed by atoms with Crippen molar-refractivity contribution in [1.29, 1.82) is 0 Å². The summed E-state index contributed by atoms with van der Waals surface area (Å²) in [5.74, 6) is 2.42. The first kappa shape index (κ1) is 36.2. The molecule has 1 aliphatic rings. The van der Waals surface area contributed by atoms with E-state index in [4.69, 9.17) is 26.1 Å². The van der Waals surface area contributed by atoms with Crippen molar-refractivity contribution < 1.29 is 23.1 Å². The van der Waals surface area contributed by atoms with Crippen molar-refractivity contribution in [3.05, 3.63) is 73.1 Å². The summed E-state index contributed by atoms with van der Waals surface area (Å²) < 4.78 is 36.0. The summed E-state index contributed by atoms with van der Waals surface area (Å²) >= 11 is 0. The Morgan fingerprint density at radius 3 is 2.24 bits per heavy atom. The van der Waals surface area contributed by atoms with Crippen molar-refractivity contribution in [2.45, 2.75) is 108 Å². The average molecular weight is 686 g/mol. The zero-order valence-corrected chi connectivity index (χ0v) is 30.0. The van der Waals surface area contributed by atoms with E-state index in [1.165, 1.54) is 25.6 Å². The van der Waals surface area contributed by atoms with Crippen LogP contribution in [0.5, 0.6) is 0 Å². The molecule has 3 heterocycles. The van der Waals surface area contributed by atoms with Gasteiger partial charge in [-0.15, -0.1) is 6.42 Å². The number of anilines is 1. The second-order valence-corrected chi connectivity index (χ2v) is 18.2. The van der Waals surface area contributed by atoms with Gasteiger partial charge in [-0.1, -0.05) is 133 Å². The van der Waals surface area contributed by atoms with Gasteiger partial charge in [0.15, 0.2) is 22.6 Å². The molecule has 4 aromatic rings. The number of carbonyl (C=O) groups excluding carboxylic acids is 1. The third-order valence-corrected chi connectivity index (χ3v) is 14.4. The molecule has 1 aliphatic heterocycles. The van der Waals surface area contributed by atoms with Gasteiger partial charge in [0.2, 0.25) is 0 Å². The van der Waals surface area contributed by atoms with Crippen molar-refractivity contribution in [2.24, 2.45) is 0 Å². The number of unbranched alkanes of at least 4 members (excludes halogenated alkanes) is 6. The molecule has 1 fully saturated rings. The van der Waals surface area contributed by atoms with E-state index in [1.54, 1.807) is 4.57 Å². The highest BCUT2D eigenvalue weighted by molar-refractivity contribution is 6.99. The SMILES string of the molecule is C#CC1(CO[Si](c2ccccc2)(c2ccccc2)C(C)(C)C)O[C@@H](n2cnc3c(N)nc(F)nc32)C[C@@H]1OC(=O)CCCCCCCCC. The van der Waals surface area contributed by atoms with E-state index in [1.807, 2.05) is 36.4 Å². The molecule has 3 atom stereocenters. The fraction of sp³-hybridized carbons (Fsp3) is 0.474. The summed E-state index contributed by atoms with van der Waals surface area (Å²) in [5, 5.41) is 1.82. The van der Waals surface area contributed by atoms with E-state index in [2.05, 4.69) is 72.8 Å². The molecule has 49 heavy (non-hydrogen) atoms. The maximum atomic E-state index is 14.3. The smallest absolute Gasteiger partial charge is 0.312 e. The molecule has 0 aliphatic carbocycles. The first-order valence-electron chi connectivity index (χ1n) is 17.3. The number of fused-ring (bicyclic) bond motifs is 1. The maximum absolute atomic E-state index is 14.3. The fourth-order valence-electron chi connectivity index (χ4n) is 6.89. The first-order valence-corrected chi connectivity index (χ1v) is 19.2. The molecule has 1 saturated heterocycles. The molecule has 2 aromatic carbocycles. The monoisotopic (exact) mass is 685 g/mol. The van der Waals surface area contributed by atoms with Gasteiger partial charge in [-0.2, -0.15) is 14.4 Å². The number of nitrogens with two attached hydrogens (primary N) is 1. The van der Waals surface area contributed by atoms with E-state index in [9.17, 15) is 9.18 Å². The molecule has 0 bridgehead atoms. The number of esters is 1. The van der Waals surface area contributed by atoms with E-state index >= 15 is 0 Å². The topological polar surface area (TPSA) is 114 Å². The van der Waals surface area contributed by atoms with Crippen LogP contribution in [0.25, 0.3) is 11.2 Å². The van der Waals surface area contributed by atoms with Crippen molar-refractivity contribution in [2.75, 3.05) is 12.3 Å². The number of nitrogen functional groups attached to an aromatic ring is 1. The summed E-state index contributed by atoms with van der Waals surface area (Å²) in [5.41, 5.74) is 4.88. The lowest BCUT2D eigenvalue weighted by atomic mass is 9.98. The highest BCUT2D eigenvalue weighted by Gasteiger charge is 2.56. The van der Waals surface area contributed by atoms with Crippen molar-refractivity contribution in [1.82, 2.24) is 19.5 Å². The number of carbonyl (C=O) groups is 1. The summed E-state index contributed by atoms with van der Waals surface area (Å²) in [4.78, 5) is 25.2. The van der Waals surface area contributed by atoms with Crippen molar-refractivity contribution >= 4 is 41.6 Å². The summed E-state index contributed by atoms with van der Waals surface area (Å²) in [7, 11) is -3.06. The molecule has 2 N–H and O–H groups in total. The number of halogens is 1. The third kappa shape index (κ3) is 7.72. The van der Waals surface area contributed by atoms with Crippen LogP contribution < -0.4 is 16.1 Å². The normalized spacial score (nSPS) is 19.6. The van der Waals surface area contributed by atoms with Crippen LogP contribution in [0.2, 0.25) is 5.04 Å². The van der Waals surface area contributed by atoms with Crippen LogP contribution in [0.1, 0.15) is 91.7 Å². The lowest BCUT2D eigenvalue weighted by molar-refractivity contribution is -0.158. The van der Waals surface area contributed by atoms with Gasteiger partial charge in [0.1, 0.15) is 12.3 Å². The third-order valence-electron chi connectivity index (χ3n) is 9.44. The molecule has 5 rings (SSSR count). The van der Waals surface area contributed by atoms with E-state index < -0.39 is 32.3 Å². The van der Waals surface area contributed by atoms with Crippen LogP contribution in [0, 0.1) is 18.4 Å². The summed E-state index contributed by atoms with van der Waals surface area (Å²) in [6.07, 6.45) is 13.2. The number of nitrogens with zero attached hydrogens (tertiary/aromatic N) is 4. The number of terminal acetylenes is 1. The van der Waals surface area contributed by atoms with E-state index in [-0.39, 0.29) is 47.4 Å². The second-order valence-electron chi connectivity index (χ2n) is 13.8. The number of benzene rings is 2. The maximum Gasteiger partial charge on any atom is 0.312 e. The number of aromatic nitrogens is 4. The molecule has 0 saturated carbocycles. The number of rotatable bonds is 15. The van der Waals surface area contributed by atoms with Gasteiger partial charge in [0.05, 0.1) is 12.9 Å². The Morgan fingerprint density at radius 2 is 1.65 bits per heavy atom. The van der Waals surface area contributed by atoms with Crippen LogP contribution in [0.3, 0.4) is 0 Å². The Bertz CT molecular complexity index is 1700. The predicted octanol–water partition coefficient (Wildman–Crippen LogP) is 6.47. The number of ether oxygens (including phenoxy) is 2. The molecular weight excluding hydrogens is 638 g/mol. The largest absolute Gasteiger partial charge is 0.458 e. The minimum absolute atomic E-state index is 0.0548. The van der Waals surface area contributed by atoms with Gasteiger partial charge in [-0.25, -0.2) is 4.98 Å². The van der Waals surface area contributed by atoms with Crippen LogP contribution >= 0.6 is 0 Å². The highest BCUT2D eigenvalue weighted by Crippen LogP contribution is 2.43. The molecule has 0 radical (unpaired) electrons. The first-order chi connectivity index (χ1) is 23.5. The molecule has 1 unspecified atom stereocenters. The zero-order chi connectivity index (χ0) is 35.1. The number of hydrogen-bond acceptors (Lipinski definition) is 8. The van der Waals surface area contributed by atoms with Gasteiger partial charge in [-0.3, -0.25) is 9.36 Å². The standard InChI is InChI=1S/C38H48FN5O4Si/c1-6-8-9-10-11-12-19-24-32(45)47-30-25-31(44-27-41-33-34(40)42-36(39)43-35(33)44)48-38(30,7-2)26-46-49(37(3,4)5,28-20-15-13-16-21-28)29-22-17-14-18-23-29/h2,13-18,20-23,27,30-31H,6,8-12,19,24-26H2,1,3-5H3,(H2,40,42,43)/t30-,31+,38?/m0/s1. The lowest BCUT2D eigenvalue weighted by Gasteiger charge is -2.44. The van der Waals surface area contributed by atoms with Gasteiger partial charge < -0.3 is 19.6 Å². The summed E-state index contributed by atoms with van der Waals surface area (Å²) in [6, 6.07) is 20.4. The lowest BCUT2D eigenvalue weighted by Crippen LogP contribution is -2.68. The molecular formula is C38H48FN5O4Si. The van der Waals surface area contributed by atoms with Crippen LogP contribution in [-0.2, 0) is 18.7 Å². The molecule has 2 aromatic heterocycles.